The average molecular weight is 454 g/mol. The molecule has 8 nitrogen and oxygen atoms in total. The number of rotatable bonds is 6. The number of amides is 1. The largest absolute Gasteiger partial charge is 0.337 e. The Bertz CT molecular complexity index is 1460. The molecule has 0 aliphatic heterocycles. The van der Waals surface area contributed by atoms with Crippen LogP contribution in [-0.2, 0) is 10.0 Å². The Morgan fingerprint density at radius 3 is 2.70 bits per heavy atom. The molecule has 0 aliphatic carbocycles. The number of hydrogen-bond acceptors (Lipinski definition) is 7. The first-order valence-corrected chi connectivity index (χ1v) is 10.8. The van der Waals surface area contributed by atoms with Gasteiger partial charge in [-0.05, 0) is 63.1 Å². The number of aryl methyl sites for hydroxylation is 3. The van der Waals surface area contributed by atoms with Crippen LogP contribution in [-0.4, -0.2) is 25.3 Å². The lowest BCUT2D eigenvalue weighted by Gasteiger charge is -2.14. The van der Waals surface area contributed by atoms with Gasteiger partial charge in [0.2, 0.25) is 5.88 Å². The number of nitrogens with zero attached hydrogens (tertiary/aromatic N) is 1. The van der Waals surface area contributed by atoms with Crippen molar-refractivity contribution >= 4 is 44.6 Å². The lowest BCUT2D eigenvalue weighted by molar-refractivity contribution is 0.101. The zero-order valence-corrected chi connectivity index (χ0v) is 17.7. The number of Topliss-reactive ketones (excluding diaryl/α,β-unsaturated/α-hetero) is 1. The quantitative estimate of drug-likeness (QED) is 0.539. The molecule has 10 heteroatoms. The van der Waals surface area contributed by atoms with Crippen molar-refractivity contribution in [1.82, 2.24) is 5.16 Å². The van der Waals surface area contributed by atoms with Gasteiger partial charge in [0.1, 0.15) is 9.77 Å². The molecular formula is C20H21N3O5S2. The lowest BCUT2D eigenvalue weighted by atomic mass is 10.0. The van der Waals surface area contributed by atoms with Crippen LogP contribution >= 0.6 is 11.3 Å². The van der Waals surface area contributed by atoms with E-state index in [1.165, 1.54) is 18.4 Å². The van der Waals surface area contributed by atoms with E-state index in [1.807, 2.05) is 4.72 Å². The summed E-state index contributed by atoms with van der Waals surface area (Å²) < 4.78 is 78.1. The minimum Gasteiger partial charge on any atom is -0.337 e. The van der Waals surface area contributed by atoms with Gasteiger partial charge >= 0.3 is 0 Å². The second-order valence-corrected chi connectivity index (χ2v) is 9.05. The predicted octanol–water partition coefficient (Wildman–Crippen LogP) is 4.23. The third-order valence-electron chi connectivity index (χ3n) is 4.18. The van der Waals surface area contributed by atoms with Crippen molar-refractivity contribution in [3.05, 3.63) is 56.4 Å². The van der Waals surface area contributed by atoms with Gasteiger partial charge in [-0.15, -0.1) is 11.3 Å². The standard InChI is InChI=1S/C20H21N3O5S2/c1-10-8-11(2)17(15(9-10)14(5)24)21-19(25)18-16(6-7-29-18)30(26,27)23-20-12(3)13(4)22-28-20/h6-9,23H,1-5H3,(H,21,25)/i3D3,5D3. The van der Waals surface area contributed by atoms with Gasteiger partial charge in [-0.3, -0.25) is 9.59 Å². The second kappa shape index (κ2) is 8.04. The molecule has 1 amide bonds. The highest BCUT2D eigenvalue weighted by Gasteiger charge is 2.27. The molecule has 0 saturated carbocycles. The summed E-state index contributed by atoms with van der Waals surface area (Å²) in [4.78, 5) is 24.9. The molecule has 0 bridgehead atoms. The van der Waals surface area contributed by atoms with Gasteiger partial charge in [0.15, 0.2) is 5.78 Å². The molecular weight excluding hydrogens is 426 g/mol. The van der Waals surface area contributed by atoms with Crippen LogP contribution in [0.4, 0.5) is 11.6 Å². The summed E-state index contributed by atoms with van der Waals surface area (Å²) in [5.41, 5.74) is 0.239. The Hall–Kier alpha value is -2.98. The molecule has 0 radical (unpaired) electrons. The van der Waals surface area contributed by atoms with Gasteiger partial charge in [0, 0.05) is 19.4 Å². The monoisotopic (exact) mass is 453 g/mol. The number of carbonyl (C=O) groups is 2. The molecule has 2 heterocycles. The molecule has 30 heavy (non-hydrogen) atoms. The fourth-order valence-corrected chi connectivity index (χ4v) is 5.09. The van der Waals surface area contributed by atoms with Crippen molar-refractivity contribution in [2.75, 3.05) is 10.0 Å². The maximum absolute atomic E-state index is 13.1. The van der Waals surface area contributed by atoms with Crippen LogP contribution in [0.5, 0.6) is 0 Å². The predicted molar refractivity (Wildman–Crippen MR) is 115 cm³/mol. The average Bonchev–Trinajstić information content (AvgIpc) is 3.35. The molecule has 0 fully saturated rings. The highest BCUT2D eigenvalue weighted by Crippen LogP contribution is 2.29. The topological polar surface area (TPSA) is 118 Å². The van der Waals surface area contributed by atoms with Crippen LogP contribution in [0.25, 0.3) is 0 Å². The van der Waals surface area contributed by atoms with Gasteiger partial charge < -0.3 is 9.84 Å². The minimum atomic E-state index is -4.52. The van der Waals surface area contributed by atoms with Crippen LogP contribution in [0.15, 0.2) is 33.0 Å². The van der Waals surface area contributed by atoms with Crippen LogP contribution in [0.3, 0.4) is 0 Å². The fourth-order valence-electron chi connectivity index (χ4n) is 2.77. The molecule has 0 atom stereocenters. The van der Waals surface area contributed by atoms with E-state index >= 15 is 0 Å². The summed E-state index contributed by atoms with van der Waals surface area (Å²) in [7, 11) is -4.52. The highest BCUT2D eigenvalue weighted by atomic mass is 32.2. The SMILES string of the molecule is [2H]C([2H])([2H])C(=O)c1cc(C)cc(C)c1NC(=O)c1sccc1S(=O)(=O)Nc1onc(C)c1C([2H])([2H])[2H]. The number of aromatic nitrogens is 1. The zero-order valence-electron chi connectivity index (χ0n) is 22.1. The van der Waals surface area contributed by atoms with E-state index in [-0.39, 0.29) is 21.8 Å². The fraction of sp³-hybridized carbons (Fsp3) is 0.250. The molecule has 0 aliphatic rings. The van der Waals surface area contributed by atoms with Crippen molar-refractivity contribution in [2.45, 2.75) is 39.4 Å². The molecule has 0 saturated heterocycles. The molecule has 0 unspecified atom stereocenters. The number of benzene rings is 1. The Morgan fingerprint density at radius 1 is 1.23 bits per heavy atom. The summed E-state index contributed by atoms with van der Waals surface area (Å²) in [6, 6.07) is 4.09. The van der Waals surface area contributed by atoms with E-state index in [0.29, 0.717) is 11.1 Å². The van der Waals surface area contributed by atoms with E-state index in [9.17, 15) is 18.0 Å². The van der Waals surface area contributed by atoms with Gasteiger partial charge in [-0.25, -0.2) is 13.1 Å². The van der Waals surface area contributed by atoms with Crippen molar-refractivity contribution in [2.24, 2.45) is 0 Å². The van der Waals surface area contributed by atoms with Gasteiger partial charge in [-0.1, -0.05) is 11.2 Å². The summed E-state index contributed by atoms with van der Waals surface area (Å²) in [5.74, 6) is -2.70. The van der Waals surface area contributed by atoms with Crippen molar-refractivity contribution in [1.29, 1.82) is 0 Å². The summed E-state index contributed by atoms with van der Waals surface area (Å²) in [6.07, 6.45) is 0. The number of ketones is 1. The number of nitrogens with one attached hydrogen (secondary N) is 2. The van der Waals surface area contributed by atoms with Crippen LogP contribution in [0.2, 0.25) is 0 Å². The smallest absolute Gasteiger partial charge is 0.267 e. The normalized spacial score (nSPS) is 15.2. The zero-order chi connectivity index (χ0) is 27.2. The Morgan fingerprint density at radius 2 is 2.00 bits per heavy atom. The first-order valence-electron chi connectivity index (χ1n) is 11.5. The summed E-state index contributed by atoms with van der Waals surface area (Å²) in [6.45, 7) is -1.12. The number of thiophene rings is 1. The number of hydrogen-bond donors (Lipinski definition) is 2. The summed E-state index contributed by atoms with van der Waals surface area (Å²) >= 11 is 0.773. The lowest BCUT2D eigenvalue weighted by Crippen LogP contribution is -2.20. The van der Waals surface area contributed by atoms with Gasteiger partial charge in [-0.2, -0.15) is 0 Å². The molecule has 0 spiro atoms. The van der Waals surface area contributed by atoms with E-state index in [4.69, 9.17) is 12.7 Å². The Labute approximate surface area is 186 Å². The van der Waals surface area contributed by atoms with Crippen molar-refractivity contribution in [3.63, 3.8) is 0 Å². The molecule has 158 valence electrons. The third kappa shape index (κ3) is 4.14. The number of sulfonamides is 1. The van der Waals surface area contributed by atoms with E-state index in [0.717, 1.165) is 17.4 Å². The van der Waals surface area contributed by atoms with Crippen molar-refractivity contribution in [3.8, 4) is 0 Å². The number of anilines is 2. The van der Waals surface area contributed by atoms with Crippen molar-refractivity contribution < 1.29 is 30.8 Å². The van der Waals surface area contributed by atoms with Gasteiger partial charge in [0.25, 0.3) is 15.9 Å². The van der Waals surface area contributed by atoms with Crippen LogP contribution in [0.1, 0.15) is 57.5 Å². The summed E-state index contributed by atoms with van der Waals surface area (Å²) in [5, 5.41) is 7.30. The van der Waals surface area contributed by atoms with E-state index in [2.05, 4.69) is 10.5 Å². The first-order chi connectivity index (χ1) is 16.4. The van der Waals surface area contributed by atoms with E-state index in [1.54, 1.807) is 19.9 Å². The Kier molecular flexibility index (Phi) is 4.00. The minimum absolute atomic E-state index is 0.0303. The highest BCUT2D eigenvalue weighted by molar-refractivity contribution is 7.93. The Balaban J connectivity index is 1.99. The molecule has 3 aromatic rings. The molecule has 2 N–H and O–H groups in total. The maximum Gasteiger partial charge on any atom is 0.267 e. The van der Waals surface area contributed by atoms with E-state index < -0.39 is 51.8 Å². The van der Waals surface area contributed by atoms with Crippen LogP contribution < -0.4 is 10.0 Å². The van der Waals surface area contributed by atoms with Crippen LogP contribution in [0, 0.1) is 27.6 Å². The maximum atomic E-state index is 13.1. The first kappa shape index (κ1) is 14.9. The number of carbonyl (C=O) groups excluding carboxylic acids is 2. The molecule has 3 rings (SSSR count). The third-order valence-corrected chi connectivity index (χ3v) is 6.59. The molecule has 2 aromatic heterocycles. The van der Waals surface area contributed by atoms with Gasteiger partial charge in [0.05, 0.1) is 11.4 Å². The molecule has 1 aromatic carbocycles. The second-order valence-electron chi connectivity index (χ2n) is 6.48.